The van der Waals surface area contributed by atoms with E-state index in [0.717, 1.165) is 43.7 Å². The third-order valence-corrected chi connectivity index (χ3v) is 6.52. The van der Waals surface area contributed by atoms with E-state index >= 15 is 0 Å². The van der Waals surface area contributed by atoms with Crippen molar-refractivity contribution >= 4 is 23.4 Å². The van der Waals surface area contributed by atoms with Crippen molar-refractivity contribution in [1.29, 1.82) is 0 Å². The molecule has 0 radical (unpaired) electrons. The zero-order chi connectivity index (χ0) is 22.5. The highest BCUT2D eigenvalue weighted by molar-refractivity contribution is 6.06. The van der Waals surface area contributed by atoms with Crippen molar-refractivity contribution < 1.29 is 14.4 Å². The number of anilines is 1. The summed E-state index contributed by atoms with van der Waals surface area (Å²) in [6, 6.07) is 9.52. The van der Waals surface area contributed by atoms with Crippen molar-refractivity contribution in [3.63, 3.8) is 0 Å². The van der Waals surface area contributed by atoms with Crippen LogP contribution in [0, 0.1) is 0 Å². The number of para-hydroxylation sites is 1. The molecule has 2 aromatic rings. The van der Waals surface area contributed by atoms with Crippen LogP contribution in [0.2, 0.25) is 0 Å². The van der Waals surface area contributed by atoms with Crippen LogP contribution in [0.5, 0.6) is 0 Å². The van der Waals surface area contributed by atoms with Gasteiger partial charge in [-0.25, -0.2) is 0 Å². The van der Waals surface area contributed by atoms with Crippen molar-refractivity contribution in [1.82, 2.24) is 20.0 Å². The maximum atomic E-state index is 13.1. The van der Waals surface area contributed by atoms with Gasteiger partial charge in [0.2, 0.25) is 11.8 Å². The summed E-state index contributed by atoms with van der Waals surface area (Å²) in [6.07, 6.45) is 6.08. The van der Waals surface area contributed by atoms with Crippen LogP contribution in [0.4, 0.5) is 5.69 Å². The van der Waals surface area contributed by atoms with Crippen molar-refractivity contribution in [2.75, 3.05) is 38.1 Å². The molecule has 3 heterocycles. The number of carbonyl (C=O) groups excluding carboxylic acids is 3. The van der Waals surface area contributed by atoms with Gasteiger partial charge in [-0.2, -0.15) is 5.10 Å². The second kappa shape index (κ2) is 9.97. The molecule has 2 fully saturated rings. The van der Waals surface area contributed by atoms with Crippen molar-refractivity contribution in [3.05, 3.63) is 47.8 Å². The van der Waals surface area contributed by atoms with Gasteiger partial charge in [-0.05, 0) is 37.8 Å². The van der Waals surface area contributed by atoms with E-state index in [1.54, 1.807) is 18.1 Å². The molecule has 1 aromatic carbocycles. The highest BCUT2D eigenvalue weighted by atomic mass is 16.2. The minimum Gasteiger partial charge on any atom is -0.343 e. The predicted molar refractivity (Wildman–Crippen MR) is 121 cm³/mol. The molecule has 4 rings (SSSR count). The molecule has 0 aliphatic carbocycles. The molecule has 8 nitrogen and oxygen atoms in total. The van der Waals surface area contributed by atoms with E-state index in [4.69, 9.17) is 0 Å². The number of likely N-dealkylation sites (tertiary alicyclic amines) is 2. The van der Waals surface area contributed by atoms with Gasteiger partial charge in [0.15, 0.2) is 0 Å². The average molecular weight is 438 g/mol. The van der Waals surface area contributed by atoms with E-state index in [2.05, 4.69) is 10.2 Å². The molecule has 1 aromatic heterocycles. The Morgan fingerprint density at radius 3 is 2.75 bits per heavy atom. The number of piperidine rings is 1. The maximum absolute atomic E-state index is 13.1. The fraction of sp³-hybridized carbons (Fsp3) is 0.500. The Kier molecular flexibility index (Phi) is 6.87. The van der Waals surface area contributed by atoms with Gasteiger partial charge in [0.25, 0.3) is 5.91 Å². The molecule has 3 amide bonds. The van der Waals surface area contributed by atoms with Crippen LogP contribution in [0.15, 0.2) is 36.5 Å². The summed E-state index contributed by atoms with van der Waals surface area (Å²) in [6.45, 7) is 2.79. The topological polar surface area (TPSA) is 89.6 Å². The molecule has 1 atom stereocenters. The summed E-state index contributed by atoms with van der Waals surface area (Å²) in [5, 5.41) is 7.18. The first kappa shape index (κ1) is 22.0. The first-order chi connectivity index (χ1) is 15.5. The summed E-state index contributed by atoms with van der Waals surface area (Å²) in [5.74, 6) is 0.264. The number of nitrogens with one attached hydrogen (secondary N) is 1. The van der Waals surface area contributed by atoms with Gasteiger partial charge in [0.1, 0.15) is 0 Å². The number of hydrogen-bond acceptors (Lipinski definition) is 4. The first-order valence-corrected chi connectivity index (χ1v) is 11.5. The van der Waals surface area contributed by atoms with Crippen LogP contribution < -0.4 is 4.90 Å². The summed E-state index contributed by atoms with van der Waals surface area (Å²) in [7, 11) is 1.76. The molecule has 2 aliphatic rings. The molecule has 170 valence electrons. The highest BCUT2D eigenvalue weighted by Crippen LogP contribution is 2.29. The number of aromatic nitrogens is 2. The van der Waals surface area contributed by atoms with Crippen LogP contribution in [0.1, 0.15) is 60.5 Å². The SMILES string of the molecule is CN(C(=O)c1cn[nH]c1[C@@H]1CCCN(C(=O)CCCN2CCCC2=O)C1)c1ccccc1. The number of H-pyrrole nitrogens is 1. The number of hydrogen-bond donors (Lipinski definition) is 1. The Morgan fingerprint density at radius 1 is 1.19 bits per heavy atom. The summed E-state index contributed by atoms with van der Waals surface area (Å²) in [4.78, 5) is 43.1. The molecular formula is C24H31N5O3. The molecule has 0 saturated carbocycles. The Labute approximate surface area is 188 Å². The van der Waals surface area contributed by atoms with E-state index in [1.165, 1.54) is 0 Å². The Morgan fingerprint density at radius 2 is 2.00 bits per heavy atom. The standard InChI is InChI=1S/C24H31N5O3/c1-27(19-9-3-2-4-10-19)24(32)20-16-25-26-23(20)18-8-5-15-29(17-18)22(31)12-7-14-28-13-6-11-21(28)30/h2-4,9-10,16,18H,5-8,11-15,17H2,1H3,(H,25,26)/t18-/m1/s1. The minimum absolute atomic E-state index is 0.0542. The second-order valence-corrected chi connectivity index (χ2v) is 8.66. The Hall–Kier alpha value is -3.16. The fourth-order valence-corrected chi connectivity index (χ4v) is 4.69. The monoisotopic (exact) mass is 437 g/mol. The van der Waals surface area contributed by atoms with Crippen LogP contribution in [-0.2, 0) is 9.59 Å². The third kappa shape index (κ3) is 4.84. The molecule has 0 spiro atoms. The maximum Gasteiger partial charge on any atom is 0.261 e. The lowest BCUT2D eigenvalue weighted by atomic mass is 9.92. The van der Waals surface area contributed by atoms with Crippen molar-refractivity contribution in [2.24, 2.45) is 0 Å². The zero-order valence-corrected chi connectivity index (χ0v) is 18.6. The van der Waals surface area contributed by atoms with E-state index < -0.39 is 0 Å². The van der Waals surface area contributed by atoms with Gasteiger partial charge in [0, 0.05) is 57.7 Å². The molecule has 32 heavy (non-hydrogen) atoms. The molecular weight excluding hydrogens is 406 g/mol. The van der Waals surface area contributed by atoms with Crippen LogP contribution in [0.25, 0.3) is 0 Å². The summed E-state index contributed by atoms with van der Waals surface area (Å²) < 4.78 is 0. The number of benzene rings is 1. The van der Waals surface area contributed by atoms with Crippen molar-refractivity contribution in [3.8, 4) is 0 Å². The van der Waals surface area contributed by atoms with E-state index in [-0.39, 0.29) is 23.6 Å². The summed E-state index contributed by atoms with van der Waals surface area (Å²) >= 11 is 0. The number of nitrogens with zero attached hydrogens (tertiary/aromatic N) is 4. The van der Waals surface area contributed by atoms with Gasteiger partial charge < -0.3 is 14.7 Å². The Bertz CT molecular complexity index is 958. The number of rotatable bonds is 7. The minimum atomic E-state index is -0.112. The molecule has 2 saturated heterocycles. The van der Waals surface area contributed by atoms with Gasteiger partial charge in [0.05, 0.1) is 17.5 Å². The molecule has 8 heteroatoms. The van der Waals surface area contributed by atoms with Crippen LogP contribution >= 0.6 is 0 Å². The lowest BCUT2D eigenvalue weighted by molar-refractivity contribution is -0.133. The number of carbonyl (C=O) groups is 3. The normalized spacial score (nSPS) is 18.8. The van der Waals surface area contributed by atoms with Gasteiger partial charge in [-0.1, -0.05) is 18.2 Å². The van der Waals surface area contributed by atoms with E-state index in [0.29, 0.717) is 37.9 Å². The van der Waals surface area contributed by atoms with Gasteiger partial charge in [-0.15, -0.1) is 0 Å². The molecule has 0 unspecified atom stereocenters. The fourth-order valence-electron chi connectivity index (χ4n) is 4.69. The summed E-state index contributed by atoms with van der Waals surface area (Å²) in [5.41, 5.74) is 2.18. The lowest BCUT2D eigenvalue weighted by Crippen LogP contribution is -2.40. The van der Waals surface area contributed by atoms with Crippen molar-refractivity contribution in [2.45, 2.75) is 44.4 Å². The van der Waals surface area contributed by atoms with E-state index in [9.17, 15) is 14.4 Å². The average Bonchev–Trinajstić information content (AvgIpc) is 3.48. The quantitative estimate of drug-likeness (QED) is 0.721. The molecule has 2 aliphatic heterocycles. The smallest absolute Gasteiger partial charge is 0.261 e. The van der Waals surface area contributed by atoms with Crippen LogP contribution in [0.3, 0.4) is 0 Å². The lowest BCUT2D eigenvalue weighted by Gasteiger charge is -2.33. The molecule has 1 N–H and O–H groups in total. The highest BCUT2D eigenvalue weighted by Gasteiger charge is 2.30. The third-order valence-electron chi connectivity index (χ3n) is 6.52. The number of aromatic amines is 1. The van der Waals surface area contributed by atoms with Gasteiger partial charge in [-0.3, -0.25) is 19.5 Å². The first-order valence-electron chi connectivity index (χ1n) is 11.5. The second-order valence-electron chi connectivity index (χ2n) is 8.66. The van der Waals surface area contributed by atoms with Crippen LogP contribution in [-0.4, -0.2) is 70.9 Å². The Balaban J connectivity index is 1.36. The zero-order valence-electron chi connectivity index (χ0n) is 18.6. The molecule has 0 bridgehead atoms. The van der Waals surface area contributed by atoms with Gasteiger partial charge >= 0.3 is 0 Å². The predicted octanol–water partition coefficient (Wildman–Crippen LogP) is 2.79. The largest absolute Gasteiger partial charge is 0.343 e. The van der Waals surface area contributed by atoms with E-state index in [1.807, 2.05) is 40.1 Å². The number of amides is 3.